The van der Waals surface area contributed by atoms with Crippen molar-refractivity contribution in [1.82, 2.24) is 5.32 Å². The van der Waals surface area contributed by atoms with Crippen molar-refractivity contribution in [3.05, 3.63) is 99.5 Å². The molecule has 0 unspecified atom stereocenters. The molecule has 1 aliphatic heterocycles. The van der Waals surface area contributed by atoms with E-state index >= 15 is 0 Å². The van der Waals surface area contributed by atoms with Crippen LogP contribution in [0.2, 0.25) is 0 Å². The van der Waals surface area contributed by atoms with Crippen molar-refractivity contribution in [2.24, 2.45) is 0 Å². The summed E-state index contributed by atoms with van der Waals surface area (Å²) >= 11 is 3.41. The lowest BCUT2D eigenvalue weighted by Gasteiger charge is -2.26. The SMILES string of the molecule is Cc1cc(N2C(=O)NC(=O)/C(=C\c3ccccc3OCc3ccccc3)C2=O)ccc1Br. The molecule has 0 bridgehead atoms. The minimum atomic E-state index is -0.785. The number of ether oxygens (including phenoxy) is 1. The van der Waals surface area contributed by atoms with Crippen LogP contribution in [0.3, 0.4) is 0 Å². The summed E-state index contributed by atoms with van der Waals surface area (Å²) in [5.74, 6) is -0.923. The Morgan fingerprint density at radius 3 is 2.44 bits per heavy atom. The van der Waals surface area contributed by atoms with Gasteiger partial charge in [-0.15, -0.1) is 0 Å². The Bertz CT molecular complexity index is 1240. The van der Waals surface area contributed by atoms with Crippen LogP contribution in [0.15, 0.2) is 82.8 Å². The minimum absolute atomic E-state index is 0.152. The van der Waals surface area contributed by atoms with Crippen LogP contribution in [0.4, 0.5) is 10.5 Å². The molecule has 1 aliphatic rings. The van der Waals surface area contributed by atoms with Crippen molar-refractivity contribution < 1.29 is 19.1 Å². The molecule has 0 aliphatic carbocycles. The van der Waals surface area contributed by atoms with Crippen molar-refractivity contribution >= 4 is 45.5 Å². The van der Waals surface area contributed by atoms with Crippen molar-refractivity contribution in [1.29, 1.82) is 0 Å². The molecule has 1 heterocycles. The number of aryl methyl sites for hydroxylation is 1. The largest absolute Gasteiger partial charge is 0.488 e. The Kier molecular flexibility index (Phi) is 6.18. The second-order valence-corrected chi connectivity index (χ2v) is 8.06. The lowest BCUT2D eigenvalue weighted by atomic mass is 10.1. The van der Waals surface area contributed by atoms with E-state index in [0.717, 1.165) is 20.5 Å². The van der Waals surface area contributed by atoms with Gasteiger partial charge in [-0.2, -0.15) is 0 Å². The molecule has 160 valence electrons. The number of para-hydroxylation sites is 1. The predicted molar refractivity (Wildman–Crippen MR) is 125 cm³/mol. The summed E-state index contributed by atoms with van der Waals surface area (Å²) in [7, 11) is 0. The fourth-order valence-electron chi connectivity index (χ4n) is 3.28. The number of carbonyl (C=O) groups excluding carboxylic acids is 3. The quantitative estimate of drug-likeness (QED) is 0.403. The molecule has 0 spiro atoms. The number of hydrogen-bond donors (Lipinski definition) is 1. The molecule has 1 N–H and O–H groups in total. The molecular weight excluding hydrogens is 472 g/mol. The Labute approximate surface area is 193 Å². The first kappa shape index (κ1) is 21.5. The third kappa shape index (κ3) is 4.48. The highest BCUT2D eigenvalue weighted by molar-refractivity contribution is 9.10. The van der Waals surface area contributed by atoms with Crippen LogP contribution in [0.1, 0.15) is 16.7 Å². The van der Waals surface area contributed by atoms with Crippen LogP contribution in [-0.4, -0.2) is 17.8 Å². The van der Waals surface area contributed by atoms with E-state index in [-0.39, 0.29) is 5.57 Å². The van der Waals surface area contributed by atoms with Gasteiger partial charge in [-0.05, 0) is 48.4 Å². The van der Waals surface area contributed by atoms with E-state index in [0.29, 0.717) is 23.6 Å². The number of nitrogens with one attached hydrogen (secondary N) is 1. The van der Waals surface area contributed by atoms with E-state index < -0.39 is 17.8 Å². The normalized spacial score (nSPS) is 15.1. The summed E-state index contributed by atoms with van der Waals surface area (Å²) in [4.78, 5) is 39.1. The second-order valence-electron chi connectivity index (χ2n) is 7.20. The summed E-state index contributed by atoms with van der Waals surface area (Å²) in [6.45, 7) is 2.19. The number of imide groups is 2. The van der Waals surface area contributed by atoms with Gasteiger partial charge in [0, 0.05) is 10.0 Å². The van der Waals surface area contributed by atoms with E-state index in [4.69, 9.17) is 4.74 Å². The molecule has 0 aromatic heterocycles. The van der Waals surface area contributed by atoms with Crippen LogP contribution in [0.5, 0.6) is 5.75 Å². The first-order chi connectivity index (χ1) is 15.4. The monoisotopic (exact) mass is 490 g/mol. The van der Waals surface area contributed by atoms with Crippen LogP contribution >= 0.6 is 15.9 Å². The third-order valence-electron chi connectivity index (χ3n) is 4.96. The maximum atomic E-state index is 13.2. The molecule has 7 heteroatoms. The van der Waals surface area contributed by atoms with Crippen LogP contribution in [0.25, 0.3) is 6.08 Å². The fourth-order valence-corrected chi connectivity index (χ4v) is 3.53. The average Bonchev–Trinajstić information content (AvgIpc) is 2.79. The van der Waals surface area contributed by atoms with Crippen molar-refractivity contribution in [3.8, 4) is 5.75 Å². The van der Waals surface area contributed by atoms with Gasteiger partial charge in [-0.3, -0.25) is 14.9 Å². The zero-order valence-electron chi connectivity index (χ0n) is 17.2. The lowest BCUT2D eigenvalue weighted by molar-refractivity contribution is -0.122. The molecule has 1 saturated heterocycles. The highest BCUT2D eigenvalue weighted by atomic mass is 79.9. The zero-order chi connectivity index (χ0) is 22.7. The number of urea groups is 1. The smallest absolute Gasteiger partial charge is 0.335 e. The van der Waals surface area contributed by atoms with Crippen LogP contribution in [-0.2, 0) is 16.2 Å². The molecule has 1 fully saturated rings. The summed E-state index contributed by atoms with van der Waals surface area (Å²) in [6.07, 6.45) is 1.45. The average molecular weight is 491 g/mol. The highest BCUT2D eigenvalue weighted by Gasteiger charge is 2.37. The van der Waals surface area contributed by atoms with Gasteiger partial charge in [0.15, 0.2) is 0 Å². The Hall–Kier alpha value is -3.71. The van der Waals surface area contributed by atoms with Gasteiger partial charge in [-0.25, -0.2) is 9.69 Å². The van der Waals surface area contributed by atoms with Crippen LogP contribution < -0.4 is 15.0 Å². The summed E-state index contributed by atoms with van der Waals surface area (Å²) in [5, 5.41) is 2.25. The van der Waals surface area contributed by atoms with E-state index in [1.54, 1.807) is 36.4 Å². The molecule has 4 amide bonds. The molecule has 0 radical (unpaired) electrons. The van der Waals surface area contributed by atoms with E-state index in [2.05, 4.69) is 21.2 Å². The third-order valence-corrected chi connectivity index (χ3v) is 5.85. The lowest BCUT2D eigenvalue weighted by Crippen LogP contribution is -2.54. The van der Waals surface area contributed by atoms with Gasteiger partial charge >= 0.3 is 6.03 Å². The zero-order valence-corrected chi connectivity index (χ0v) is 18.8. The standard InChI is InChI=1S/C25H19BrN2O4/c1-16-13-19(11-12-21(16)26)28-24(30)20(23(29)27-25(28)31)14-18-9-5-6-10-22(18)32-15-17-7-3-2-4-8-17/h2-14H,15H2,1H3,(H,27,29,31)/b20-14+. The fraction of sp³-hybridized carbons (Fsp3) is 0.0800. The molecule has 0 atom stereocenters. The molecule has 3 aromatic rings. The number of anilines is 1. The first-order valence-electron chi connectivity index (χ1n) is 9.87. The van der Waals surface area contributed by atoms with Gasteiger partial charge in [0.1, 0.15) is 17.9 Å². The van der Waals surface area contributed by atoms with Gasteiger partial charge in [0.05, 0.1) is 5.69 Å². The number of rotatable bonds is 5. The van der Waals surface area contributed by atoms with E-state index in [1.807, 2.05) is 43.3 Å². The molecule has 6 nitrogen and oxygen atoms in total. The minimum Gasteiger partial charge on any atom is -0.488 e. The van der Waals surface area contributed by atoms with E-state index in [1.165, 1.54) is 6.08 Å². The van der Waals surface area contributed by atoms with Crippen molar-refractivity contribution in [2.45, 2.75) is 13.5 Å². The first-order valence-corrected chi connectivity index (χ1v) is 10.7. The Morgan fingerprint density at radius 1 is 0.969 bits per heavy atom. The Balaban J connectivity index is 1.65. The maximum Gasteiger partial charge on any atom is 0.335 e. The van der Waals surface area contributed by atoms with Gasteiger partial charge in [0.2, 0.25) is 0 Å². The molecule has 3 aromatic carbocycles. The van der Waals surface area contributed by atoms with Gasteiger partial charge in [0.25, 0.3) is 11.8 Å². The number of amides is 4. The number of benzene rings is 3. The summed E-state index contributed by atoms with van der Waals surface area (Å²) in [6, 6.07) is 21.1. The molecule has 32 heavy (non-hydrogen) atoms. The number of nitrogens with zero attached hydrogens (tertiary/aromatic N) is 1. The molecular formula is C25H19BrN2O4. The van der Waals surface area contributed by atoms with Gasteiger partial charge in [-0.1, -0.05) is 64.5 Å². The number of barbiturate groups is 1. The van der Waals surface area contributed by atoms with E-state index in [9.17, 15) is 14.4 Å². The highest BCUT2D eigenvalue weighted by Crippen LogP contribution is 2.28. The number of hydrogen-bond acceptors (Lipinski definition) is 4. The number of carbonyl (C=O) groups is 3. The Morgan fingerprint density at radius 2 is 1.69 bits per heavy atom. The predicted octanol–water partition coefficient (Wildman–Crippen LogP) is 5.00. The van der Waals surface area contributed by atoms with Crippen molar-refractivity contribution in [3.63, 3.8) is 0 Å². The topological polar surface area (TPSA) is 75.7 Å². The van der Waals surface area contributed by atoms with Crippen molar-refractivity contribution in [2.75, 3.05) is 4.90 Å². The summed E-state index contributed by atoms with van der Waals surface area (Å²) in [5.41, 5.74) is 2.62. The maximum absolute atomic E-state index is 13.2. The van der Waals surface area contributed by atoms with Gasteiger partial charge < -0.3 is 4.74 Å². The molecule has 4 rings (SSSR count). The number of halogens is 1. The second kappa shape index (κ2) is 9.20. The summed E-state index contributed by atoms with van der Waals surface area (Å²) < 4.78 is 6.77. The molecule has 0 saturated carbocycles. The van der Waals surface area contributed by atoms with Crippen LogP contribution in [0, 0.1) is 6.92 Å².